The van der Waals surface area contributed by atoms with Crippen LogP contribution in [0, 0.1) is 28.8 Å². The summed E-state index contributed by atoms with van der Waals surface area (Å²) < 4.78 is 86.2. The molecule has 4 rings (SSSR count). The van der Waals surface area contributed by atoms with Crippen molar-refractivity contribution in [2.75, 3.05) is 4.90 Å². The molecule has 158 valence electrons. The van der Waals surface area contributed by atoms with Gasteiger partial charge >= 0.3 is 6.18 Å². The summed E-state index contributed by atoms with van der Waals surface area (Å²) in [4.78, 5) is 1.000. The largest absolute Gasteiger partial charge is 0.421 e. The fourth-order valence-corrected chi connectivity index (χ4v) is 4.05. The first-order chi connectivity index (χ1) is 14.8. The van der Waals surface area contributed by atoms with E-state index in [1.807, 2.05) is 0 Å². The summed E-state index contributed by atoms with van der Waals surface area (Å²) in [5.74, 6) is -5.99. The van der Waals surface area contributed by atoms with Gasteiger partial charge in [-0.25, -0.2) is 13.2 Å². The third kappa shape index (κ3) is 3.40. The Kier molecular flexibility index (Phi) is 5.13. The zero-order chi connectivity index (χ0) is 22.3. The van der Waals surface area contributed by atoms with Gasteiger partial charge in [-0.15, -0.1) is 0 Å². The molecule has 0 saturated carbocycles. The van der Waals surface area contributed by atoms with Crippen LogP contribution in [-0.4, -0.2) is 0 Å². The highest BCUT2D eigenvalue weighted by Crippen LogP contribution is 2.50. The maximum atomic E-state index is 15.2. The second-order valence-electron chi connectivity index (χ2n) is 7.11. The molecule has 0 fully saturated rings. The lowest BCUT2D eigenvalue weighted by molar-refractivity contribution is -0.139. The fraction of sp³-hybridized carbons (Fsp3) is 0.174. The van der Waals surface area contributed by atoms with Crippen LogP contribution in [0.15, 0.2) is 54.6 Å². The lowest BCUT2D eigenvalue weighted by Gasteiger charge is -2.40. The molecule has 0 aliphatic carbocycles. The second-order valence-corrected chi connectivity index (χ2v) is 7.11. The van der Waals surface area contributed by atoms with Crippen LogP contribution in [0.4, 0.5) is 37.7 Å². The minimum Gasteiger partial charge on any atom is -0.331 e. The number of benzene rings is 3. The fourth-order valence-electron chi connectivity index (χ4n) is 4.05. The van der Waals surface area contributed by atoms with Crippen molar-refractivity contribution in [1.82, 2.24) is 0 Å². The second kappa shape index (κ2) is 7.65. The van der Waals surface area contributed by atoms with Crippen molar-refractivity contribution in [3.05, 3.63) is 94.3 Å². The van der Waals surface area contributed by atoms with Gasteiger partial charge in [-0.2, -0.15) is 18.4 Å². The molecule has 0 spiro atoms. The summed E-state index contributed by atoms with van der Waals surface area (Å²) >= 11 is 0. The summed E-state index contributed by atoms with van der Waals surface area (Å²) in [7, 11) is 0. The Morgan fingerprint density at radius 2 is 1.52 bits per heavy atom. The minimum atomic E-state index is -5.37. The number of fused-ring (bicyclic) bond motifs is 1. The Morgan fingerprint density at radius 3 is 2.16 bits per heavy atom. The van der Waals surface area contributed by atoms with Crippen molar-refractivity contribution in [3.63, 3.8) is 0 Å². The van der Waals surface area contributed by atoms with Crippen LogP contribution in [-0.2, 0) is 12.6 Å². The van der Waals surface area contributed by atoms with E-state index in [9.17, 15) is 22.0 Å². The quantitative estimate of drug-likeness (QED) is 0.328. The molecular weight excluding hydrogens is 418 g/mol. The number of aryl methyl sites for hydroxylation is 1. The number of halogens is 6. The zero-order valence-electron chi connectivity index (χ0n) is 15.8. The first-order valence-corrected chi connectivity index (χ1v) is 9.35. The molecule has 1 aliphatic heterocycles. The van der Waals surface area contributed by atoms with Gasteiger partial charge in [0.05, 0.1) is 11.7 Å². The molecule has 1 heterocycles. The predicted molar refractivity (Wildman–Crippen MR) is 102 cm³/mol. The maximum Gasteiger partial charge on any atom is 0.421 e. The highest BCUT2D eigenvalue weighted by Gasteiger charge is 2.45. The number of nitriles is 1. The summed E-state index contributed by atoms with van der Waals surface area (Å²) in [6.45, 7) is 0. The summed E-state index contributed by atoms with van der Waals surface area (Å²) in [5.41, 5.74) is -3.46. The van der Waals surface area contributed by atoms with Gasteiger partial charge in [0, 0.05) is 5.69 Å². The van der Waals surface area contributed by atoms with Gasteiger partial charge in [-0.1, -0.05) is 48.5 Å². The van der Waals surface area contributed by atoms with Gasteiger partial charge in [0.15, 0.2) is 17.5 Å². The molecule has 0 saturated heterocycles. The van der Waals surface area contributed by atoms with Crippen molar-refractivity contribution in [1.29, 1.82) is 5.26 Å². The van der Waals surface area contributed by atoms with E-state index < -0.39 is 46.5 Å². The monoisotopic (exact) mass is 432 g/mol. The van der Waals surface area contributed by atoms with Gasteiger partial charge < -0.3 is 4.90 Å². The number of rotatable bonds is 2. The van der Waals surface area contributed by atoms with E-state index in [1.165, 1.54) is 6.07 Å². The summed E-state index contributed by atoms with van der Waals surface area (Å²) in [5, 5.41) is 8.93. The van der Waals surface area contributed by atoms with Crippen molar-refractivity contribution in [2.45, 2.75) is 25.1 Å². The van der Waals surface area contributed by atoms with E-state index in [2.05, 4.69) is 0 Å². The Balaban J connectivity index is 2.10. The van der Waals surface area contributed by atoms with Gasteiger partial charge in [-0.05, 0) is 30.0 Å². The van der Waals surface area contributed by atoms with Crippen LogP contribution in [0.3, 0.4) is 0 Å². The third-order valence-corrected chi connectivity index (χ3v) is 5.37. The van der Waals surface area contributed by atoms with E-state index in [1.54, 1.807) is 48.5 Å². The number of nitrogens with zero attached hydrogens (tertiary/aromatic N) is 2. The van der Waals surface area contributed by atoms with Crippen molar-refractivity contribution in [3.8, 4) is 6.07 Å². The van der Waals surface area contributed by atoms with Gasteiger partial charge in [-0.3, -0.25) is 0 Å². The molecule has 2 nitrogen and oxygen atoms in total. The van der Waals surface area contributed by atoms with E-state index in [4.69, 9.17) is 5.26 Å². The Hall–Kier alpha value is -3.47. The lowest BCUT2D eigenvalue weighted by atomic mass is 9.89. The van der Waals surface area contributed by atoms with E-state index in [0.717, 1.165) is 11.0 Å². The minimum absolute atomic E-state index is 0.218. The van der Waals surface area contributed by atoms with Crippen LogP contribution in [0.1, 0.15) is 34.7 Å². The molecular formula is C23H14F6N2. The smallest absolute Gasteiger partial charge is 0.331 e. The predicted octanol–water partition coefficient (Wildman–Crippen LogP) is 6.82. The van der Waals surface area contributed by atoms with Crippen LogP contribution in [0.5, 0.6) is 0 Å². The van der Waals surface area contributed by atoms with E-state index in [0.29, 0.717) is 24.0 Å². The highest BCUT2D eigenvalue weighted by molar-refractivity contribution is 5.74. The van der Waals surface area contributed by atoms with Gasteiger partial charge in [0.2, 0.25) is 0 Å². The molecule has 0 aromatic heterocycles. The molecule has 1 unspecified atom stereocenters. The molecule has 3 aromatic rings. The molecule has 8 heteroatoms. The highest BCUT2D eigenvalue weighted by atomic mass is 19.4. The topological polar surface area (TPSA) is 27.0 Å². The number of alkyl halides is 3. The number of hydrogen-bond acceptors (Lipinski definition) is 2. The van der Waals surface area contributed by atoms with Crippen LogP contribution < -0.4 is 4.90 Å². The van der Waals surface area contributed by atoms with Crippen LogP contribution >= 0.6 is 0 Å². The first-order valence-electron chi connectivity index (χ1n) is 9.35. The van der Waals surface area contributed by atoms with Crippen molar-refractivity contribution < 1.29 is 26.3 Å². The maximum absolute atomic E-state index is 15.2. The molecule has 3 aromatic carbocycles. The number of para-hydroxylation sites is 1. The van der Waals surface area contributed by atoms with E-state index in [-0.39, 0.29) is 5.69 Å². The molecule has 31 heavy (non-hydrogen) atoms. The van der Waals surface area contributed by atoms with Crippen molar-refractivity contribution in [2.24, 2.45) is 0 Å². The van der Waals surface area contributed by atoms with Crippen molar-refractivity contribution >= 4 is 11.4 Å². The van der Waals surface area contributed by atoms with Gasteiger partial charge in [0.25, 0.3) is 0 Å². The molecule has 0 amide bonds. The Labute approximate surface area is 174 Å². The zero-order valence-corrected chi connectivity index (χ0v) is 15.8. The summed E-state index contributed by atoms with van der Waals surface area (Å²) in [6.07, 6.45) is -4.59. The summed E-state index contributed by atoms with van der Waals surface area (Å²) in [6, 6.07) is 15.0. The average molecular weight is 432 g/mol. The molecule has 1 atom stereocenters. The number of hydrogen-bond donors (Lipinski definition) is 0. The van der Waals surface area contributed by atoms with E-state index >= 15 is 4.39 Å². The molecule has 0 radical (unpaired) electrons. The van der Waals surface area contributed by atoms with Crippen LogP contribution in [0.25, 0.3) is 0 Å². The first kappa shape index (κ1) is 20.8. The molecule has 1 aliphatic rings. The Bertz CT molecular complexity index is 1180. The molecule has 0 N–H and O–H groups in total. The van der Waals surface area contributed by atoms with Gasteiger partial charge in [0.1, 0.15) is 17.2 Å². The molecule has 0 bridgehead atoms. The normalized spacial score (nSPS) is 16.0. The Morgan fingerprint density at radius 1 is 0.871 bits per heavy atom. The average Bonchev–Trinajstić information content (AvgIpc) is 2.75. The standard InChI is InChI=1S/C23H14F6N2/c24-19-15(12-30)20(25)21(26)22(18(19)23(27,28)29)31-16-9-5-4-8-14(16)10-11-17(31)13-6-2-1-3-7-13/h1-9,17H,10-11H2. The number of anilines is 2. The lowest BCUT2D eigenvalue weighted by Crippen LogP contribution is -2.32. The SMILES string of the molecule is N#Cc1c(F)c(F)c(N2c3ccccc3CCC2c2ccccc2)c(C(F)(F)F)c1F. The van der Waals surface area contributed by atoms with Crippen LogP contribution in [0.2, 0.25) is 0 Å². The third-order valence-electron chi connectivity index (χ3n) is 5.37.